The first-order chi connectivity index (χ1) is 16.2. The van der Waals surface area contributed by atoms with E-state index < -0.39 is 11.3 Å². The third-order valence-corrected chi connectivity index (χ3v) is 6.81. The van der Waals surface area contributed by atoms with Crippen LogP contribution in [0.3, 0.4) is 0 Å². The normalized spacial score (nSPS) is 24.1. The van der Waals surface area contributed by atoms with Gasteiger partial charge in [0.25, 0.3) is 0 Å². The number of aliphatic imine (C=N–C) groups is 1. The molecule has 2 amide bonds. The number of carbonyl (C=O) groups is 2. The molecule has 9 nitrogen and oxygen atoms in total. The van der Waals surface area contributed by atoms with Gasteiger partial charge in [0.05, 0.1) is 11.9 Å². The average Bonchev–Trinajstić information content (AvgIpc) is 3.13. The standard InChI is InChI=1S/C25H30N6O3/c1-15-5-8-21(11-22(27-12-15)18-13-28-31(4)14-18)34-20-9-6-19(7-10-20)29-23(32)25(24(33)30-26)16(2)17(25)3/h6-7,9-14,16-17H,5,8,26H2,1-4H3,(H,29,32)(H,30,33). The summed E-state index contributed by atoms with van der Waals surface area (Å²) in [6.45, 7) is 5.79. The van der Waals surface area contributed by atoms with Crippen LogP contribution in [0.15, 0.2) is 65.3 Å². The van der Waals surface area contributed by atoms with Crippen molar-refractivity contribution in [3.8, 4) is 5.75 Å². The lowest BCUT2D eigenvalue weighted by Crippen LogP contribution is -2.45. The molecule has 2 aliphatic rings. The summed E-state index contributed by atoms with van der Waals surface area (Å²) in [4.78, 5) is 29.8. The Bertz CT molecular complexity index is 1180. The summed E-state index contributed by atoms with van der Waals surface area (Å²) in [5.74, 6) is 5.76. The molecule has 1 aliphatic carbocycles. The number of carbonyl (C=O) groups excluding carboxylic acids is 2. The second-order valence-corrected chi connectivity index (χ2v) is 9.00. The molecule has 1 aliphatic heterocycles. The maximum absolute atomic E-state index is 12.9. The van der Waals surface area contributed by atoms with Crippen molar-refractivity contribution in [2.45, 2.75) is 33.6 Å². The van der Waals surface area contributed by atoms with Gasteiger partial charge in [-0.25, -0.2) is 5.84 Å². The Kier molecular flexibility index (Phi) is 6.39. The number of allylic oxidation sites excluding steroid dienone is 3. The predicted molar refractivity (Wildman–Crippen MR) is 130 cm³/mol. The van der Waals surface area contributed by atoms with E-state index in [1.54, 1.807) is 35.1 Å². The molecule has 1 aromatic heterocycles. The molecular weight excluding hydrogens is 432 g/mol. The first-order valence-electron chi connectivity index (χ1n) is 11.3. The van der Waals surface area contributed by atoms with Crippen molar-refractivity contribution in [1.29, 1.82) is 0 Å². The maximum Gasteiger partial charge on any atom is 0.250 e. The molecule has 1 aromatic carbocycles. The van der Waals surface area contributed by atoms with Crippen LogP contribution in [-0.2, 0) is 16.6 Å². The van der Waals surface area contributed by atoms with Gasteiger partial charge in [0, 0.05) is 43.2 Å². The van der Waals surface area contributed by atoms with Crippen molar-refractivity contribution >= 4 is 23.2 Å². The van der Waals surface area contributed by atoms with E-state index in [2.05, 4.69) is 20.8 Å². The van der Waals surface area contributed by atoms with E-state index in [9.17, 15) is 9.59 Å². The number of amides is 2. The molecular formula is C25H30N6O3. The summed E-state index contributed by atoms with van der Waals surface area (Å²) in [5, 5.41) is 7.08. The van der Waals surface area contributed by atoms with Gasteiger partial charge in [0.15, 0.2) is 0 Å². The van der Waals surface area contributed by atoms with Gasteiger partial charge in [-0.3, -0.25) is 24.7 Å². The lowest BCUT2D eigenvalue weighted by Gasteiger charge is -2.16. The number of anilines is 1. The zero-order valence-electron chi connectivity index (χ0n) is 19.8. The predicted octanol–water partition coefficient (Wildman–Crippen LogP) is 3.07. The van der Waals surface area contributed by atoms with Gasteiger partial charge in [0.2, 0.25) is 11.8 Å². The minimum Gasteiger partial charge on any atom is -0.462 e. The number of hydrazine groups is 1. The van der Waals surface area contributed by atoms with E-state index >= 15 is 0 Å². The lowest BCUT2D eigenvalue weighted by atomic mass is 10.00. The van der Waals surface area contributed by atoms with Gasteiger partial charge in [-0.15, -0.1) is 0 Å². The molecule has 178 valence electrons. The van der Waals surface area contributed by atoms with Gasteiger partial charge in [-0.1, -0.05) is 19.4 Å². The van der Waals surface area contributed by atoms with E-state index in [0.717, 1.165) is 35.4 Å². The Hall–Kier alpha value is -3.72. The summed E-state index contributed by atoms with van der Waals surface area (Å²) in [6.07, 6.45) is 9.06. The Balaban J connectivity index is 1.48. The van der Waals surface area contributed by atoms with Crippen molar-refractivity contribution in [2.75, 3.05) is 5.32 Å². The van der Waals surface area contributed by atoms with Crippen molar-refractivity contribution in [2.24, 2.45) is 35.1 Å². The summed E-state index contributed by atoms with van der Waals surface area (Å²) in [6, 6.07) is 7.08. The number of nitrogens with one attached hydrogen (secondary N) is 2. The number of benzene rings is 1. The van der Waals surface area contributed by atoms with Crippen LogP contribution in [0.2, 0.25) is 0 Å². The van der Waals surface area contributed by atoms with E-state index in [1.165, 1.54) is 0 Å². The number of aromatic nitrogens is 2. The number of hydrogen-bond acceptors (Lipinski definition) is 6. The number of nitrogens with two attached hydrogens (primary N) is 1. The summed E-state index contributed by atoms with van der Waals surface area (Å²) >= 11 is 0. The molecule has 1 fully saturated rings. The molecule has 1 saturated carbocycles. The van der Waals surface area contributed by atoms with Crippen LogP contribution >= 0.6 is 0 Å². The lowest BCUT2D eigenvalue weighted by molar-refractivity contribution is -0.135. The number of nitrogens with zero attached hydrogens (tertiary/aromatic N) is 3. The number of hydrogen-bond donors (Lipinski definition) is 3. The third-order valence-electron chi connectivity index (χ3n) is 6.81. The van der Waals surface area contributed by atoms with Crippen molar-refractivity contribution in [3.05, 3.63) is 65.8 Å². The fraction of sp³-hybridized carbons (Fsp3) is 0.360. The highest BCUT2D eigenvalue weighted by Crippen LogP contribution is 2.59. The van der Waals surface area contributed by atoms with Gasteiger partial charge in [-0.05, 0) is 49.4 Å². The summed E-state index contributed by atoms with van der Waals surface area (Å²) in [5.41, 5.74) is 4.42. The zero-order valence-corrected chi connectivity index (χ0v) is 19.8. The molecule has 0 spiro atoms. The molecule has 2 aromatic rings. The van der Waals surface area contributed by atoms with E-state index in [0.29, 0.717) is 11.4 Å². The zero-order chi connectivity index (χ0) is 24.5. The van der Waals surface area contributed by atoms with Crippen LogP contribution in [0.1, 0.15) is 39.2 Å². The molecule has 0 bridgehead atoms. The van der Waals surface area contributed by atoms with Gasteiger partial charge in [-0.2, -0.15) is 5.10 Å². The van der Waals surface area contributed by atoms with Crippen LogP contribution in [0, 0.1) is 17.3 Å². The SMILES string of the molecule is CC1=CN=C(c2cnn(C)c2)C=C(Oc2ccc(NC(=O)C3(C(=O)NN)C(C)C3C)cc2)CC1. The van der Waals surface area contributed by atoms with Crippen molar-refractivity contribution in [3.63, 3.8) is 0 Å². The summed E-state index contributed by atoms with van der Waals surface area (Å²) < 4.78 is 7.89. The topological polar surface area (TPSA) is 124 Å². The first kappa shape index (κ1) is 23.4. The van der Waals surface area contributed by atoms with Crippen molar-refractivity contribution in [1.82, 2.24) is 15.2 Å². The van der Waals surface area contributed by atoms with Crippen LogP contribution in [0.25, 0.3) is 0 Å². The van der Waals surface area contributed by atoms with E-state index in [1.807, 2.05) is 46.3 Å². The largest absolute Gasteiger partial charge is 0.462 e. The average molecular weight is 463 g/mol. The molecule has 2 atom stereocenters. The van der Waals surface area contributed by atoms with Gasteiger partial charge in [0.1, 0.15) is 16.9 Å². The monoisotopic (exact) mass is 462 g/mol. The minimum absolute atomic E-state index is 0.0851. The van der Waals surface area contributed by atoms with E-state index in [4.69, 9.17) is 10.6 Å². The van der Waals surface area contributed by atoms with Gasteiger partial charge < -0.3 is 10.1 Å². The number of aryl methyl sites for hydroxylation is 1. The van der Waals surface area contributed by atoms with Crippen LogP contribution < -0.4 is 21.3 Å². The molecule has 2 heterocycles. The van der Waals surface area contributed by atoms with Crippen LogP contribution in [0.4, 0.5) is 5.69 Å². The fourth-order valence-corrected chi connectivity index (χ4v) is 4.44. The van der Waals surface area contributed by atoms with Crippen LogP contribution in [-0.4, -0.2) is 27.3 Å². The molecule has 4 rings (SSSR count). The van der Waals surface area contributed by atoms with E-state index in [-0.39, 0.29) is 17.7 Å². The Morgan fingerprint density at radius 2 is 1.85 bits per heavy atom. The Morgan fingerprint density at radius 3 is 2.44 bits per heavy atom. The van der Waals surface area contributed by atoms with Crippen LogP contribution in [0.5, 0.6) is 5.75 Å². The highest BCUT2D eigenvalue weighted by atomic mass is 16.5. The molecule has 34 heavy (non-hydrogen) atoms. The Morgan fingerprint density at radius 1 is 1.15 bits per heavy atom. The third kappa shape index (κ3) is 4.38. The smallest absolute Gasteiger partial charge is 0.250 e. The Labute approximate surface area is 198 Å². The quantitative estimate of drug-likeness (QED) is 0.263. The highest BCUT2D eigenvalue weighted by Gasteiger charge is 2.69. The molecule has 9 heteroatoms. The van der Waals surface area contributed by atoms with Gasteiger partial charge >= 0.3 is 0 Å². The minimum atomic E-state index is -1.14. The number of rotatable bonds is 6. The molecule has 0 saturated heterocycles. The fourth-order valence-electron chi connectivity index (χ4n) is 4.44. The molecule has 4 N–H and O–H groups in total. The summed E-state index contributed by atoms with van der Waals surface area (Å²) in [7, 11) is 1.87. The van der Waals surface area contributed by atoms with Crippen molar-refractivity contribution < 1.29 is 14.3 Å². The first-order valence-corrected chi connectivity index (χ1v) is 11.3. The highest BCUT2D eigenvalue weighted by molar-refractivity contribution is 6.14. The number of ether oxygens (including phenoxy) is 1. The second-order valence-electron chi connectivity index (χ2n) is 9.00. The maximum atomic E-state index is 12.9. The second kappa shape index (κ2) is 9.26. The molecule has 2 unspecified atom stereocenters. The molecule has 0 radical (unpaired) electrons.